The SMILES string of the molecule is O=C1N[C@@H]2c3ccccc3CCC[C@H]12. The smallest absolute Gasteiger partial charge is 0.226 e. The van der Waals surface area contributed by atoms with Crippen LogP contribution >= 0.6 is 0 Å². The van der Waals surface area contributed by atoms with Gasteiger partial charge in [-0.3, -0.25) is 4.79 Å². The van der Waals surface area contributed by atoms with Crippen LogP contribution in [0.3, 0.4) is 0 Å². The van der Waals surface area contributed by atoms with Crippen molar-refractivity contribution in [3.05, 3.63) is 35.4 Å². The molecule has 1 saturated heterocycles. The molecule has 1 aliphatic heterocycles. The van der Waals surface area contributed by atoms with Crippen molar-refractivity contribution in [3.63, 3.8) is 0 Å². The lowest BCUT2D eigenvalue weighted by molar-refractivity contribution is -0.135. The van der Waals surface area contributed by atoms with Crippen LogP contribution in [-0.4, -0.2) is 5.91 Å². The molecule has 1 heterocycles. The Labute approximate surface area is 83.3 Å². The molecule has 1 fully saturated rings. The number of hydrogen-bond donors (Lipinski definition) is 1. The molecule has 0 spiro atoms. The second-order valence-corrected chi connectivity index (χ2v) is 4.18. The van der Waals surface area contributed by atoms with Crippen LogP contribution < -0.4 is 5.32 Å². The third-order valence-corrected chi connectivity index (χ3v) is 3.39. The van der Waals surface area contributed by atoms with E-state index in [4.69, 9.17) is 0 Å². The number of amides is 1. The number of fused-ring (bicyclic) bond motifs is 3. The molecule has 1 amide bonds. The van der Waals surface area contributed by atoms with Crippen LogP contribution in [-0.2, 0) is 11.2 Å². The fraction of sp³-hybridized carbons (Fsp3) is 0.417. The maximum absolute atomic E-state index is 11.3. The van der Waals surface area contributed by atoms with Crippen molar-refractivity contribution < 1.29 is 4.79 Å². The first-order chi connectivity index (χ1) is 6.86. The van der Waals surface area contributed by atoms with E-state index in [1.54, 1.807) is 0 Å². The molecule has 0 saturated carbocycles. The Bertz CT molecular complexity index is 386. The molecule has 0 radical (unpaired) electrons. The summed E-state index contributed by atoms with van der Waals surface area (Å²) in [6.45, 7) is 0. The largest absolute Gasteiger partial charge is 0.348 e. The van der Waals surface area contributed by atoms with Gasteiger partial charge in [-0.25, -0.2) is 0 Å². The van der Waals surface area contributed by atoms with E-state index < -0.39 is 0 Å². The third-order valence-electron chi connectivity index (χ3n) is 3.39. The first kappa shape index (κ1) is 8.04. The van der Waals surface area contributed by atoms with Gasteiger partial charge in [0.1, 0.15) is 0 Å². The highest BCUT2D eigenvalue weighted by atomic mass is 16.2. The van der Waals surface area contributed by atoms with Gasteiger partial charge in [-0.1, -0.05) is 24.3 Å². The fourth-order valence-corrected chi connectivity index (χ4v) is 2.59. The minimum atomic E-state index is 0.242. The number of benzene rings is 1. The monoisotopic (exact) mass is 187 g/mol. The number of β-lactam (4-membered cyclic amide) rings is 1. The second-order valence-electron chi connectivity index (χ2n) is 4.18. The summed E-state index contributed by atoms with van der Waals surface area (Å²) in [5.74, 6) is 0.491. The molecule has 72 valence electrons. The first-order valence-electron chi connectivity index (χ1n) is 5.24. The van der Waals surface area contributed by atoms with Crippen LogP contribution in [0.4, 0.5) is 0 Å². The second kappa shape index (κ2) is 2.84. The Morgan fingerprint density at radius 2 is 2.14 bits per heavy atom. The molecule has 1 aromatic rings. The maximum atomic E-state index is 11.3. The van der Waals surface area contributed by atoms with Crippen molar-refractivity contribution in [3.8, 4) is 0 Å². The van der Waals surface area contributed by atoms with Crippen molar-refractivity contribution in [2.24, 2.45) is 5.92 Å². The van der Waals surface area contributed by atoms with E-state index in [1.807, 2.05) is 0 Å². The van der Waals surface area contributed by atoms with Crippen molar-refractivity contribution in [2.75, 3.05) is 0 Å². The van der Waals surface area contributed by atoms with Crippen LogP contribution in [0, 0.1) is 5.92 Å². The number of carbonyl (C=O) groups excluding carboxylic acids is 1. The Kier molecular flexibility index (Phi) is 1.63. The standard InChI is InChI=1S/C12H13NO/c14-12-10-7-3-5-8-4-1-2-6-9(8)11(10)13-12/h1-2,4,6,10-11H,3,5,7H2,(H,13,14)/t10-,11+/m0/s1. The molecule has 1 N–H and O–H groups in total. The Balaban J connectivity index is 2.04. The molecule has 2 atom stereocenters. The molecule has 2 heteroatoms. The van der Waals surface area contributed by atoms with Crippen molar-refractivity contribution >= 4 is 5.91 Å². The highest BCUT2D eigenvalue weighted by molar-refractivity contribution is 5.86. The molecular formula is C12H13NO. The summed E-state index contributed by atoms with van der Waals surface area (Å²) in [4.78, 5) is 11.3. The van der Waals surface area contributed by atoms with Crippen LogP contribution in [0.1, 0.15) is 30.0 Å². The molecule has 0 bridgehead atoms. The van der Waals surface area contributed by atoms with E-state index in [0.717, 1.165) is 19.3 Å². The summed E-state index contributed by atoms with van der Waals surface area (Å²) < 4.78 is 0. The lowest BCUT2D eigenvalue weighted by Crippen LogP contribution is -2.51. The number of aryl methyl sites for hydroxylation is 1. The third kappa shape index (κ3) is 0.999. The minimum Gasteiger partial charge on any atom is -0.348 e. The quantitative estimate of drug-likeness (QED) is 0.617. The molecule has 0 unspecified atom stereocenters. The van der Waals surface area contributed by atoms with Crippen molar-refractivity contribution in [1.82, 2.24) is 5.32 Å². The Morgan fingerprint density at radius 1 is 1.29 bits per heavy atom. The molecule has 1 aromatic carbocycles. The van der Waals surface area contributed by atoms with E-state index in [0.29, 0.717) is 6.04 Å². The maximum Gasteiger partial charge on any atom is 0.226 e. The van der Waals surface area contributed by atoms with Gasteiger partial charge in [-0.2, -0.15) is 0 Å². The highest BCUT2D eigenvalue weighted by Crippen LogP contribution is 2.38. The van der Waals surface area contributed by atoms with E-state index in [-0.39, 0.29) is 11.8 Å². The molecule has 1 aliphatic carbocycles. The molecule has 2 nitrogen and oxygen atoms in total. The summed E-state index contributed by atoms with van der Waals surface area (Å²) in [5, 5.41) is 3.00. The van der Waals surface area contributed by atoms with Gasteiger partial charge in [-0.15, -0.1) is 0 Å². The van der Waals surface area contributed by atoms with Gasteiger partial charge >= 0.3 is 0 Å². The van der Waals surface area contributed by atoms with Gasteiger partial charge in [-0.05, 0) is 30.4 Å². The predicted octanol–water partition coefficient (Wildman–Crippen LogP) is 1.81. The van der Waals surface area contributed by atoms with E-state index in [2.05, 4.69) is 29.6 Å². The van der Waals surface area contributed by atoms with Crippen LogP contribution in [0.5, 0.6) is 0 Å². The van der Waals surface area contributed by atoms with Gasteiger partial charge in [0.05, 0.1) is 12.0 Å². The lowest BCUT2D eigenvalue weighted by Gasteiger charge is -2.36. The number of nitrogens with one attached hydrogen (secondary N) is 1. The average molecular weight is 187 g/mol. The zero-order valence-corrected chi connectivity index (χ0v) is 7.99. The molecule has 0 aromatic heterocycles. The van der Waals surface area contributed by atoms with E-state index >= 15 is 0 Å². The average Bonchev–Trinajstić information content (AvgIpc) is 2.35. The van der Waals surface area contributed by atoms with Gasteiger partial charge in [0.15, 0.2) is 0 Å². The van der Waals surface area contributed by atoms with Gasteiger partial charge in [0.25, 0.3) is 0 Å². The summed E-state index contributed by atoms with van der Waals surface area (Å²) in [6.07, 6.45) is 3.31. The summed E-state index contributed by atoms with van der Waals surface area (Å²) in [5.41, 5.74) is 2.76. The normalized spacial score (nSPS) is 29.3. The number of rotatable bonds is 0. The molecule has 2 aliphatic rings. The predicted molar refractivity (Wildman–Crippen MR) is 53.8 cm³/mol. The van der Waals surface area contributed by atoms with E-state index in [9.17, 15) is 4.79 Å². The minimum absolute atomic E-state index is 0.242. The van der Waals surface area contributed by atoms with Crippen molar-refractivity contribution in [1.29, 1.82) is 0 Å². The summed E-state index contributed by atoms with van der Waals surface area (Å²) >= 11 is 0. The van der Waals surface area contributed by atoms with Crippen LogP contribution in [0.15, 0.2) is 24.3 Å². The van der Waals surface area contributed by atoms with Crippen LogP contribution in [0.25, 0.3) is 0 Å². The first-order valence-corrected chi connectivity index (χ1v) is 5.24. The van der Waals surface area contributed by atoms with Gasteiger partial charge in [0.2, 0.25) is 5.91 Å². The van der Waals surface area contributed by atoms with Gasteiger partial charge < -0.3 is 5.32 Å². The summed E-state index contributed by atoms with van der Waals surface area (Å²) in [6, 6.07) is 8.78. The van der Waals surface area contributed by atoms with Crippen LogP contribution in [0.2, 0.25) is 0 Å². The Hall–Kier alpha value is -1.31. The topological polar surface area (TPSA) is 29.1 Å². The highest BCUT2D eigenvalue weighted by Gasteiger charge is 2.41. The van der Waals surface area contributed by atoms with E-state index in [1.165, 1.54) is 11.1 Å². The summed E-state index contributed by atoms with van der Waals surface area (Å²) in [7, 11) is 0. The Morgan fingerprint density at radius 3 is 3.00 bits per heavy atom. The van der Waals surface area contributed by atoms with Gasteiger partial charge in [0, 0.05) is 0 Å². The molecule has 3 rings (SSSR count). The zero-order valence-electron chi connectivity index (χ0n) is 7.99. The van der Waals surface area contributed by atoms with Crippen molar-refractivity contribution in [2.45, 2.75) is 25.3 Å². The fourth-order valence-electron chi connectivity index (χ4n) is 2.59. The lowest BCUT2D eigenvalue weighted by atomic mass is 9.83. The number of carbonyl (C=O) groups is 1. The molecule has 14 heavy (non-hydrogen) atoms. The zero-order chi connectivity index (χ0) is 9.54. The number of hydrogen-bond acceptors (Lipinski definition) is 1. The molecular weight excluding hydrogens is 174 g/mol.